The van der Waals surface area contributed by atoms with Crippen molar-refractivity contribution in [2.24, 2.45) is 0 Å². The second-order valence-electron chi connectivity index (χ2n) is 4.09. The van der Waals surface area contributed by atoms with Gasteiger partial charge in [-0.25, -0.2) is 4.98 Å². The zero-order valence-corrected chi connectivity index (χ0v) is 10.2. The standard InChI is InChI=1S/C14H15N3O/c1-17(10-11-6-3-2-4-7-11)14(18)13-12(15)8-5-9-16-13/h2-9H,10,15H2,1H3. The lowest BCUT2D eigenvalue weighted by atomic mass is 10.2. The molecule has 1 amide bonds. The van der Waals surface area contributed by atoms with Crippen LogP contribution >= 0.6 is 0 Å². The van der Waals surface area contributed by atoms with Crippen LogP contribution in [0.1, 0.15) is 16.1 Å². The molecule has 2 N–H and O–H groups in total. The minimum Gasteiger partial charge on any atom is -0.397 e. The number of amides is 1. The molecule has 0 radical (unpaired) electrons. The Bertz CT molecular complexity index is 540. The summed E-state index contributed by atoms with van der Waals surface area (Å²) in [6.07, 6.45) is 1.57. The summed E-state index contributed by atoms with van der Waals surface area (Å²) >= 11 is 0. The summed E-state index contributed by atoms with van der Waals surface area (Å²) in [4.78, 5) is 17.8. The topological polar surface area (TPSA) is 59.2 Å². The molecule has 0 aliphatic rings. The van der Waals surface area contributed by atoms with Gasteiger partial charge in [-0.15, -0.1) is 0 Å². The predicted molar refractivity (Wildman–Crippen MR) is 70.9 cm³/mol. The number of rotatable bonds is 3. The van der Waals surface area contributed by atoms with Gasteiger partial charge in [-0.05, 0) is 17.7 Å². The molecule has 0 saturated carbocycles. The first-order valence-corrected chi connectivity index (χ1v) is 5.68. The number of pyridine rings is 1. The van der Waals surface area contributed by atoms with Gasteiger partial charge in [0.1, 0.15) is 0 Å². The number of hydrogen-bond donors (Lipinski definition) is 1. The molecular formula is C14H15N3O. The average molecular weight is 241 g/mol. The van der Waals surface area contributed by atoms with E-state index in [1.165, 1.54) is 0 Å². The number of benzene rings is 1. The Morgan fingerprint density at radius 1 is 1.22 bits per heavy atom. The maximum absolute atomic E-state index is 12.2. The largest absolute Gasteiger partial charge is 0.397 e. The first-order valence-electron chi connectivity index (χ1n) is 5.68. The molecule has 1 aromatic heterocycles. The number of carbonyl (C=O) groups excluding carboxylic acids is 1. The molecule has 2 rings (SSSR count). The van der Waals surface area contributed by atoms with Crippen LogP contribution in [0.15, 0.2) is 48.7 Å². The summed E-state index contributed by atoms with van der Waals surface area (Å²) in [5.74, 6) is -0.169. The lowest BCUT2D eigenvalue weighted by Gasteiger charge is -2.17. The number of aromatic nitrogens is 1. The molecule has 4 nitrogen and oxygen atoms in total. The van der Waals surface area contributed by atoms with E-state index < -0.39 is 0 Å². The molecule has 1 aromatic carbocycles. The lowest BCUT2D eigenvalue weighted by Crippen LogP contribution is -2.27. The SMILES string of the molecule is CN(Cc1ccccc1)C(=O)c1ncccc1N. The van der Waals surface area contributed by atoms with Gasteiger partial charge in [-0.1, -0.05) is 30.3 Å². The van der Waals surface area contributed by atoms with Gasteiger partial charge in [0.05, 0.1) is 5.69 Å². The fraction of sp³-hybridized carbons (Fsp3) is 0.143. The summed E-state index contributed by atoms with van der Waals surface area (Å²) in [7, 11) is 1.74. The Hall–Kier alpha value is -2.36. The third kappa shape index (κ3) is 2.66. The molecular weight excluding hydrogens is 226 g/mol. The van der Waals surface area contributed by atoms with Crippen LogP contribution < -0.4 is 5.73 Å². The van der Waals surface area contributed by atoms with Gasteiger partial charge in [0.15, 0.2) is 5.69 Å². The average Bonchev–Trinajstić information content (AvgIpc) is 2.39. The highest BCUT2D eigenvalue weighted by Crippen LogP contribution is 2.11. The third-order valence-electron chi connectivity index (χ3n) is 2.65. The Labute approximate surface area is 106 Å². The molecule has 0 atom stereocenters. The predicted octanol–water partition coefficient (Wildman–Crippen LogP) is 1.94. The molecule has 2 aromatic rings. The molecule has 0 aliphatic heterocycles. The van der Waals surface area contributed by atoms with Crippen molar-refractivity contribution >= 4 is 11.6 Å². The van der Waals surface area contributed by atoms with Gasteiger partial charge in [0.2, 0.25) is 0 Å². The van der Waals surface area contributed by atoms with Gasteiger partial charge in [0.25, 0.3) is 5.91 Å². The summed E-state index contributed by atoms with van der Waals surface area (Å²) in [6.45, 7) is 0.537. The highest BCUT2D eigenvalue weighted by atomic mass is 16.2. The zero-order valence-electron chi connectivity index (χ0n) is 10.2. The molecule has 0 fully saturated rings. The van der Waals surface area contributed by atoms with E-state index in [1.807, 2.05) is 30.3 Å². The number of anilines is 1. The highest BCUT2D eigenvalue weighted by molar-refractivity contribution is 5.96. The normalized spacial score (nSPS) is 10.1. The van der Waals surface area contributed by atoms with Crippen LogP contribution in [-0.2, 0) is 6.54 Å². The fourth-order valence-electron chi connectivity index (χ4n) is 1.71. The van der Waals surface area contributed by atoms with E-state index in [-0.39, 0.29) is 5.91 Å². The summed E-state index contributed by atoms with van der Waals surface area (Å²) < 4.78 is 0. The van der Waals surface area contributed by atoms with Gasteiger partial charge in [0, 0.05) is 19.8 Å². The Kier molecular flexibility index (Phi) is 3.57. The minimum atomic E-state index is -0.169. The van der Waals surface area contributed by atoms with E-state index >= 15 is 0 Å². The maximum atomic E-state index is 12.2. The highest BCUT2D eigenvalue weighted by Gasteiger charge is 2.15. The number of nitrogens with zero attached hydrogens (tertiary/aromatic N) is 2. The van der Waals surface area contributed by atoms with Crippen molar-refractivity contribution in [2.45, 2.75) is 6.54 Å². The number of hydrogen-bond acceptors (Lipinski definition) is 3. The molecule has 92 valence electrons. The number of carbonyl (C=O) groups is 1. The first kappa shape index (κ1) is 12.1. The number of nitrogen functional groups attached to an aromatic ring is 1. The lowest BCUT2D eigenvalue weighted by molar-refractivity contribution is 0.0780. The molecule has 4 heteroatoms. The second kappa shape index (κ2) is 5.31. The van der Waals surface area contributed by atoms with Crippen molar-refractivity contribution in [3.63, 3.8) is 0 Å². The molecule has 0 unspecified atom stereocenters. The van der Waals surface area contributed by atoms with Crippen molar-refractivity contribution in [2.75, 3.05) is 12.8 Å². The van der Waals surface area contributed by atoms with E-state index in [9.17, 15) is 4.79 Å². The molecule has 0 spiro atoms. The maximum Gasteiger partial charge on any atom is 0.274 e. The van der Waals surface area contributed by atoms with Gasteiger partial charge < -0.3 is 10.6 Å². The molecule has 0 aliphatic carbocycles. The van der Waals surface area contributed by atoms with Crippen molar-refractivity contribution in [1.29, 1.82) is 0 Å². The summed E-state index contributed by atoms with van der Waals surface area (Å²) in [6, 6.07) is 13.2. The fourth-order valence-corrected chi connectivity index (χ4v) is 1.71. The van der Waals surface area contributed by atoms with Gasteiger partial charge in [-0.2, -0.15) is 0 Å². The van der Waals surface area contributed by atoms with Crippen LogP contribution in [0, 0.1) is 0 Å². The Morgan fingerprint density at radius 2 is 1.94 bits per heavy atom. The van der Waals surface area contributed by atoms with Crippen LogP contribution in [0.5, 0.6) is 0 Å². The van der Waals surface area contributed by atoms with Crippen LogP contribution in [0.2, 0.25) is 0 Å². The third-order valence-corrected chi connectivity index (χ3v) is 2.65. The molecule has 1 heterocycles. The van der Waals surface area contributed by atoms with E-state index in [1.54, 1.807) is 30.3 Å². The van der Waals surface area contributed by atoms with E-state index in [0.717, 1.165) is 5.56 Å². The van der Waals surface area contributed by atoms with Crippen LogP contribution in [-0.4, -0.2) is 22.8 Å². The van der Waals surface area contributed by atoms with Crippen LogP contribution in [0.4, 0.5) is 5.69 Å². The van der Waals surface area contributed by atoms with E-state index in [4.69, 9.17) is 5.73 Å². The van der Waals surface area contributed by atoms with Crippen LogP contribution in [0.25, 0.3) is 0 Å². The van der Waals surface area contributed by atoms with Crippen molar-refractivity contribution in [1.82, 2.24) is 9.88 Å². The monoisotopic (exact) mass is 241 g/mol. The first-order chi connectivity index (χ1) is 8.68. The molecule has 18 heavy (non-hydrogen) atoms. The zero-order chi connectivity index (χ0) is 13.0. The minimum absolute atomic E-state index is 0.169. The molecule has 0 saturated heterocycles. The summed E-state index contributed by atoms with van der Waals surface area (Å²) in [5, 5.41) is 0. The quantitative estimate of drug-likeness (QED) is 0.893. The molecule has 0 bridgehead atoms. The van der Waals surface area contributed by atoms with Gasteiger partial charge >= 0.3 is 0 Å². The number of nitrogens with two attached hydrogens (primary N) is 1. The van der Waals surface area contributed by atoms with E-state index in [0.29, 0.717) is 17.9 Å². The summed E-state index contributed by atoms with van der Waals surface area (Å²) in [5.41, 5.74) is 7.52. The second-order valence-corrected chi connectivity index (χ2v) is 4.09. The van der Waals surface area contributed by atoms with E-state index in [2.05, 4.69) is 4.98 Å². The Morgan fingerprint density at radius 3 is 2.61 bits per heavy atom. The van der Waals surface area contributed by atoms with Crippen molar-refractivity contribution in [3.8, 4) is 0 Å². The van der Waals surface area contributed by atoms with Crippen molar-refractivity contribution in [3.05, 3.63) is 59.9 Å². The van der Waals surface area contributed by atoms with Crippen molar-refractivity contribution < 1.29 is 4.79 Å². The van der Waals surface area contributed by atoms with Gasteiger partial charge in [-0.3, -0.25) is 4.79 Å². The van der Waals surface area contributed by atoms with Crippen LogP contribution in [0.3, 0.4) is 0 Å². The smallest absolute Gasteiger partial charge is 0.274 e. The Balaban J connectivity index is 2.13.